The SMILES string of the molecule is CCNC(=O)COc1ccc(CCNC(=O)N/N=C/[C@H](CC(=O)OC(C)(C)C)NC(=O)c2ccc(CNC(=O)OCC3c4ccccc4-c4ccccc43)cc2)cc1. The van der Waals surface area contributed by atoms with E-state index in [1.807, 2.05) is 43.3 Å². The second-order valence-corrected chi connectivity index (χ2v) is 14.5. The highest BCUT2D eigenvalue weighted by Gasteiger charge is 2.29. The van der Waals surface area contributed by atoms with E-state index < -0.39 is 35.6 Å². The first-order chi connectivity index (χ1) is 27.9. The third-order valence-electron chi connectivity index (χ3n) is 8.91. The van der Waals surface area contributed by atoms with Gasteiger partial charge in [0.25, 0.3) is 11.8 Å². The lowest BCUT2D eigenvalue weighted by molar-refractivity contribution is -0.154. The van der Waals surface area contributed by atoms with Crippen LogP contribution in [0.2, 0.25) is 0 Å². The largest absolute Gasteiger partial charge is 0.484 e. The maximum Gasteiger partial charge on any atom is 0.407 e. The van der Waals surface area contributed by atoms with Gasteiger partial charge in [-0.1, -0.05) is 72.8 Å². The number of carbonyl (C=O) groups is 5. The number of rotatable bonds is 17. The molecule has 58 heavy (non-hydrogen) atoms. The summed E-state index contributed by atoms with van der Waals surface area (Å²) in [5.74, 6) is -0.747. The first-order valence-corrected chi connectivity index (χ1v) is 19.1. The lowest BCUT2D eigenvalue weighted by Gasteiger charge is -2.21. The Balaban J connectivity index is 1.07. The van der Waals surface area contributed by atoms with E-state index in [1.165, 1.54) is 6.21 Å². The number of hydrogen-bond donors (Lipinski definition) is 5. The summed E-state index contributed by atoms with van der Waals surface area (Å²) in [5.41, 5.74) is 8.14. The predicted octanol–water partition coefficient (Wildman–Crippen LogP) is 5.60. The maximum absolute atomic E-state index is 13.2. The molecule has 0 aromatic heterocycles. The molecule has 0 fully saturated rings. The molecule has 5 rings (SSSR count). The van der Waals surface area contributed by atoms with E-state index in [9.17, 15) is 24.0 Å². The molecule has 5 amide bonds. The molecular formula is C44H50N6O8. The van der Waals surface area contributed by atoms with Gasteiger partial charge in [-0.3, -0.25) is 14.4 Å². The summed E-state index contributed by atoms with van der Waals surface area (Å²) in [6.45, 7) is 8.18. The van der Waals surface area contributed by atoms with Crippen molar-refractivity contribution < 1.29 is 38.2 Å². The van der Waals surface area contributed by atoms with E-state index in [-0.39, 0.29) is 38.0 Å². The standard InChI is InChI=1S/C44H50N6O8/c1-5-45-39(51)28-56-33-20-16-29(17-21-33)22-23-46-42(54)50-48-26-32(24-40(52)58-44(2,3)4)49-41(53)31-18-14-30(15-19-31)25-47-43(55)57-27-38-36-12-8-6-10-34(36)35-11-7-9-13-37(35)38/h6-21,26,32,38H,5,22-25,27-28H2,1-4H3,(H,45,51)(H,47,55)(H,49,53)(H2,46,50,54)/b48-26+/t32-/m0/s1. The zero-order valence-electron chi connectivity index (χ0n) is 33.1. The molecule has 0 bridgehead atoms. The Hall–Kier alpha value is -6.70. The Labute approximate surface area is 338 Å². The number of nitrogens with one attached hydrogen (secondary N) is 5. The molecule has 0 radical (unpaired) electrons. The number of alkyl carbamates (subject to hydrolysis) is 1. The third-order valence-corrected chi connectivity index (χ3v) is 8.91. The average molecular weight is 791 g/mol. The number of esters is 1. The van der Waals surface area contributed by atoms with Crippen molar-refractivity contribution >= 4 is 36.1 Å². The molecule has 0 unspecified atom stereocenters. The second kappa shape index (κ2) is 20.5. The van der Waals surface area contributed by atoms with Gasteiger partial charge in [-0.05, 0) is 91.8 Å². The number of hydrazone groups is 1. The molecule has 14 heteroatoms. The predicted molar refractivity (Wildman–Crippen MR) is 219 cm³/mol. The number of nitrogens with zero attached hydrogens (tertiary/aromatic N) is 1. The molecule has 1 atom stereocenters. The molecule has 0 aliphatic heterocycles. The van der Waals surface area contributed by atoms with E-state index in [0.717, 1.165) is 33.4 Å². The van der Waals surface area contributed by atoms with E-state index in [2.05, 4.69) is 56.1 Å². The molecule has 4 aromatic carbocycles. The van der Waals surface area contributed by atoms with Gasteiger partial charge in [0.05, 0.1) is 12.5 Å². The maximum atomic E-state index is 13.2. The quantitative estimate of drug-likeness (QED) is 0.0520. The van der Waals surface area contributed by atoms with Gasteiger partial charge in [0.1, 0.15) is 18.0 Å². The minimum atomic E-state index is -0.911. The highest BCUT2D eigenvalue weighted by atomic mass is 16.6. The van der Waals surface area contributed by atoms with Crippen LogP contribution in [-0.4, -0.2) is 74.1 Å². The third kappa shape index (κ3) is 12.9. The van der Waals surface area contributed by atoms with Crippen LogP contribution >= 0.6 is 0 Å². The summed E-state index contributed by atoms with van der Waals surface area (Å²) in [6.07, 6.45) is 0.992. The van der Waals surface area contributed by atoms with Gasteiger partial charge in [0.15, 0.2) is 6.61 Å². The molecule has 14 nitrogen and oxygen atoms in total. The number of benzene rings is 4. The zero-order chi connectivity index (χ0) is 41.5. The molecule has 0 heterocycles. The molecule has 5 N–H and O–H groups in total. The van der Waals surface area contributed by atoms with Crippen LogP contribution in [0, 0.1) is 0 Å². The lowest BCUT2D eigenvalue weighted by Crippen LogP contribution is -2.40. The average Bonchev–Trinajstić information content (AvgIpc) is 3.52. The number of ether oxygens (including phenoxy) is 3. The van der Waals surface area contributed by atoms with Crippen LogP contribution in [-0.2, 0) is 32.0 Å². The van der Waals surface area contributed by atoms with Crippen molar-refractivity contribution in [3.8, 4) is 16.9 Å². The van der Waals surface area contributed by atoms with Crippen molar-refractivity contribution in [1.82, 2.24) is 26.7 Å². The highest BCUT2D eigenvalue weighted by molar-refractivity contribution is 5.96. The Bertz CT molecular complexity index is 2030. The Morgan fingerprint density at radius 3 is 2.07 bits per heavy atom. The topological polar surface area (TPSA) is 186 Å². The summed E-state index contributed by atoms with van der Waals surface area (Å²) >= 11 is 0. The minimum Gasteiger partial charge on any atom is -0.484 e. The monoisotopic (exact) mass is 790 g/mol. The fourth-order valence-corrected chi connectivity index (χ4v) is 6.25. The smallest absolute Gasteiger partial charge is 0.407 e. The van der Waals surface area contributed by atoms with E-state index in [0.29, 0.717) is 30.8 Å². The summed E-state index contributed by atoms with van der Waals surface area (Å²) in [7, 11) is 0. The van der Waals surface area contributed by atoms with Crippen LogP contribution in [0.3, 0.4) is 0 Å². The van der Waals surface area contributed by atoms with Gasteiger partial charge in [0, 0.05) is 37.3 Å². The molecule has 304 valence electrons. The molecule has 0 spiro atoms. The summed E-state index contributed by atoms with van der Waals surface area (Å²) in [4.78, 5) is 62.6. The first-order valence-electron chi connectivity index (χ1n) is 19.1. The molecular weight excluding hydrogens is 741 g/mol. The Kier molecular flexibility index (Phi) is 15.0. The number of fused-ring (bicyclic) bond motifs is 3. The van der Waals surface area contributed by atoms with E-state index >= 15 is 0 Å². The number of likely N-dealkylation sites (N-methyl/N-ethyl adjacent to an activating group) is 1. The van der Waals surface area contributed by atoms with Gasteiger partial charge in [0.2, 0.25) is 0 Å². The number of carbonyl (C=O) groups excluding carboxylic acids is 5. The van der Waals surface area contributed by atoms with Crippen molar-refractivity contribution in [1.29, 1.82) is 0 Å². The molecule has 1 aliphatic carbocycles. The molecule has 0 saturated carbocycles. The fraction of sp³-hybridized carbons (Fsp3) is 0.318. The van der Waals surface area contributed by atoms with Crippen molar-refractivity contribution in [2.75, 3.05) is 26.3 Å². The summed E-state index contributed by atoms with van der Waals surface area (Å²) in [5, 5.41) is 14.9. The van der Waals surface area contributed by atoms with E-state index in [4.69, 9.17) is 14.2 Å². The molecule has 1 aliphatic rings. The lowest BCUT2D eigenvalue weighted by atomic mass is 9.98. The molecule has 4 aromatic rings. The van der Waals surface area contributed by atoms with Crippen molar-refractivity contribution in [2.45, 2.75) is 64.6 Å². The minimum absolute atomic E-state index is 0.0521. The van der Waals surface area contributed by atoms with E-state index in [1.54, 1.807) is 57.2 Å². The van der Waals surface area contributed by atoms with Gasteiger partial charge in [-0.25, -0.2) is 15.0 Å². The number of urea groups is 1. The van der Waals surface area contributed by atoms with Gasteiger partial charge in [-0.2, -0.15) is 5.10 Å². The van der Waals surface area contributed by atoms with Crippen molar-refractivity contribution in [3.05, 3.63) is 125 Å². The van der Waals surface area contributed by atoms with Crippen LogP contribution < -0.4 is 31.4 Å². The summed E-state index contributed by atoms with van der Waals surface area (Å²) in [6, 6.07) is 28.5. The van der Waals surface area contributed by atoms with Gasteiger partial charge in [-0.15, -0.1) is 0 Å². The second-order valence-electron chi connectivity index (χ2n) is 14.5. The fourth-order valence-electron chi connectivity index (χ4n) is 6.25. The van der Waals surface area contributed by atoms with Crippen molar-refractivity contribution in [2.24, 2.45) is 5.10 Å². The van der Waals surface area contributed by atoms with Crippen LogP contribution in [0.4, 0.5) is 9.59 Å². The Morgan fingerprint density at radius 2 is 1.43 bits per heavy atom. The molecule has 0 saturated heterocycles. The van der Waals surface area contributed by atoms with Crippen LogP contribution in [0.25, 0.3) is 11.1 Å². The van der Waals surface area contributed by atoms with Crippen LogP contribution in [0.15, 0.2) is 102 Å². The van der Waals surface area contributed by atoms with Crippen molar-refractivity contribution in [3.63, 3.8) is 0 Å². The Morgan fingerprint density at radius 1 is 0.793 bits per heavy atom. The first kappa shape index (κ1) is 42.4. The number of amides is 5. The van der Waals surface area contributed by atoms with Gasteiger partial charge >= 0.3 is 18.1 Å². The summed E-state index contributed by atoms with van der Waals surface area (Å²) < 4.78 is 16.5. The van der Waals surface area contributed by atoms with Crippen LogP contribution in [0.5, 0.6) is 5.75 Å². The highest BCUT2D eigenvalue weighted by Crippen LogP contribution is 2.44. The van der Waals surface area contributed by atoms with Crippen LogP contribution in [0.1, 0.15) is 72.6 Å². The number of hydrogen-bond acceptors (Lipinski definition) is 9. The zero-order valence-corrected chi connectivity index (χ0v) is 33.1. The normalized spacial score (nSPS) is 12.4. The van der Waals surface area contributed by atoms with Gasteiger partial charge < -0.3 is 35.5 Å².